The topological polar surface area (TPSA) is 24.9 Å². The molecule has 0 amide bonds. The van der Waals surface area contributed by atoms with E-state index in [1.165, 1.54) is 43.2 Å². The third-order valence-electron chi connectivity index (χ3n) is 3.87. The summed E-state index contributed by atoms with van der Waals surface area (Å²) < 4.78 is 0. The van der Waals surface area contributed by atoms with Crippen molar-refractivity contribution in [1.29, 1.82) is 0 Å². The van der Waals surface area contributed by atoms with Crippen molar-refractivity contribution < 1.29 is 0 Å². The summed E-state index contributed by atoms with van der Waals surface area (Å²) in [5.74, 6) is 0.842. The van der Waals surface area contributed by atoms with Gasteiger partial charge in [-0.25, -0.2) is 0 Å². The first-order valence-electron chi connectivity index (χ1n) is 8.27. The zero-order valence-electron chi connectivity index (χ0n) is 13.7. The molecule has 0 fully saturated rings. The summed E-state index contributed by atoms with van der Waals surface area (Å²) in [5, 5.41) is 4.81. The van der Waals surface area contributed by atoms with Gasteiger partial charge in [-0.1, -0.05) is 57.7 Å². The third-order valence-corrected chi connectivity index (χ3v) is 3.87. The largest absolute Gasteiger partial charge is 0.384 e. The highest BCUT2D eigenvalue weighted by Crippen LogP contribution is 2.22. The van der Waals surface area contributed by atoms with Crippen LogP contribution < -0.4 is 5.32 Å². The Balaban J connectivity index is 1.81. The molecule has 1 aromatic heterocycles. The first-order chi connectivity index (χ1) is 10.2. The second kappa shape index (κ2) is 8.02. The number of aromatic nitrogens is 1. The number of aryl methyl sites for hydroxylation is 1. The van der Waals surface area contributed by atoms with Crippen LogP contribution in [0, 0.1) is 12.8 Å². The molecule has 0 unspecified atom stereocenters. The second-order valence-electron chi connectivity index (χ2n) is 6.35. The number of pyridine rings is 1. The Morgan fingerprint density at radius 1 is 1.05 bits per heavy atom. The van der Waals surface area contributed by atoms with Crippen molar-refractivity contribution in [2.45, 2.75) is 52.9 Å². The fourth-order valence-corrected chi connectivity index (χ4v) is 2.71. The molecule has 0 aliphatic heterocycles. The van der Waals surface area contributed by atoms with E-state index in [1.54, 1.807) is 0 Å². The molecular formula is C19H28N2. The Morgan fingerprint density at radius 2 is 1.81 bits per heavy atom. The molecule has 0 atom stereocenters. The lowest BCUT2D eigenvalue weighted by Gasteiger charge is -2.11. The van der Waals surface area contributed by atoms with Crippen LogP contribution in [0.25, 0.3) is 10.9 Å². The van der Waals surface area contributed by atoms with Gasteiger partial charge >= 0.3 is 0 Å². The van der Waals surface area contributed by atoms with Gasteiger partial charge in [-0.05, 0) is 31.4 Å². The van der Waals surface area contributed by atoms with Crippen LogP contribution in [0.2, 0.25) is 0 Å². The van der Waals surface area contributed by atoms with Gasteiger partial charge in [0, 0.05) is 23.3 Å². The molecule has 0 bridgehead atoms. The number of rotatable bonds is 8. The van der Waals surface area contributed by atoms with Gasteiger partial charge in [0.05, 0.1) is 5.52 Å². The average molecular weight is 284 g/mol. The van der Waals surface area contributed by atoms with Crippen LogP contribution in [0.4, 0.5) is 5.69 Å². The van der Waals surface area contributed by atoms with Crippen molar-refractivity contribution in [3.05, 3.63) is 36.0 Å². The maximum Gasteiger partial charge on any atom is 0.0725 e. The van der Waals surface area contributed by atoms with Crippen molar-refractivity contribution in [3.63, 3.8) is 0 Å². The second-order valence-corrected chi connectivity index (χ2v) is 6.35. The Kier molecular flexibility index (Phi) is 6.04. The third kappa shape index (κ3) is 5.04. The number of hydrogen-bond acceptors (Lipinski definition) is 2. The molecule has 21 heavy (non-hydrogen) atoms. The highest BCUT2D eigenvalue weighted by Gasteiger charge is 2.02. The lowest BCUT2D eigenvalue weighted by atomic mass is 10.0. The van der Waals surface area contributed by atoms with Crippen molar-refractivity contribution in [2.75, 3.05) is 11.9 Å². The Labute approximate surface area is 129 Å². The molecule has 0 aliphatic carbocycles. The maximum atomic E-state index is 4.58. The summed E-state index contributed by atoms with van der Waals surface area (Å²) in [6, 6.07) is 10.5. The average Bonchev–Trinajstić information content (AvgIpc) is 2.45. The monoisotopic (exact) mass is 284 g/mol. The van der Waals surface area contributed by atoms with E-state index in [0.717, 1.165) is 23.7 Å². The summed E-state index contributed by atoms with van der Waals surface area (Å²) in [5.41, 5.74) is 3.38. The van der Waals surface area contributed by atoms with Crippen molar-refractivity contribution >= 4 is 16.6 Å². The standard InChI is InChI=1S/C19H28N2/c1-15(2)10-6-4-5-9-13-20-19-14-16(3)21-18-12-8-7-11-17(18)19/h7-8,11-12,14-15H,4-6,9-10,13H2,1-3H3,(H,20,21). The molecule has 0 saturated carbocycles. The van der Waals surface area contributed by atoms with Crippen LogP contribution in [0.15, 0.2) is 30.3 Å². The highest BCUT2D eigenvalue weighted by atomic mass is 14.9. The lowest BCUT2D eigenvalue weighted by molar-refractivity contribution is 0.523. The molecular weight excluding hydrogens is 256 g/mol. The van der Waals surface area contributed by atoms with Crippen molar-refractivity contribution in [3.8, 4) is 0 Å². The Morgan fingerprint density at radius 3 is 2.62 bits per heavy atom. The molecule has 1 heterocycles. The fraction of sp³-hybridized carbons (Fsp3) is 0.526. The zero-order valence-corrected chi connectivity index (χ0v) is 13.7. The van der Waals surface area contributed by atoms with Crippen LogP contribution in [0.1, 0.15) is 51.6 Å². The quantitative estimate of drug-likeness (QED) is 0.642. The fourth-order valence-electron chi connectivity index (χ4n) is 2.71. The minimum atomic E-state index is 0.842. The smallest absolute Gasteiger partial charge is 0.0725 e. The van der Waals surface area contributed by atoms with Gasteiger partial charge in [0.25, 0.3) is 0 Å². The number of para-hydroxylation sites is 1. The molecule has 0 spiro atoms. The number of fused-ring (bicyclic) bond motifs is 1. The van der Waals surface area contributed by atoms with Gasteiger partial charge < -0.3 is 5.32 Å². The zero-order chi connectivity index (χ0) is 15.1. The van der Waals surface area contributed by atoms with Crippen LogP contribution in [-0.2, 0) is 0 Å². The van der Waals surface area contributed by atoms with E-state index in [2.05, 4.69) is 55.3 Å². The van der Waals surface area contributed by atoms with E-state index < -0.39 is 0 Å². The van der Waals surface area contributed by atoms with Gasteiger partial charge in [0.15, 0.2) is 0 Å². The SMILES string of the molecule is Cc1cc(NCCCCCCC(C)C)c2ccccc2n1. The number of hydrogen-bond donors (Lipinski definition) is 1. The number of nitrogens with one attached hydrogen (secondary N) is 1. The maximum absolute atomic E-state index is 4.58. The predicted molar refractivity (Wildman–Crippen MR) is 92.9 cm³/mol. The van der Waals surface area contributed by atoms with Crippen LogP contribution in [-0.4, -0.2) is 11.5 Å². The van der Waals surface area contributed by atoms with E-state index in [0.29, 0.717) is 0 Å². The molecule has 2 nitrogen and oxygen atoms in total. The van der Waals surface area contributed by atoms with Crippen LogP contribution >= 0.6 is 0 Å². The predicted octanol–water partition coefficient (Wildman–Crippen LogP) is 5.56. The van der Waals surface area contributed by atoms with Crippen LogP contribution in [0.5, 0.6) is 0 Å². The number of anilines is 1. The molecule has 114 valence electrons. The van der Waals surface area contributed by atoms with E-state index >= 15 is 0 Å². The summed E-state index contributed by atoms with van der Waals surface area (Å²) >= 11 is 0. The van der Waals surface area contributed by atoms with E-state index in [1.807, 2.05) is 6.07 Å². The number of benzene rings is 1. The summed E-state index contributed by atoms with van der Waals surface area (Å²) in [4.78, 5) is 4.58. The minimum Gasteiger partial charge on any atom is -0.384 e. The number of nitrogens with zero attached hydrogens (tertiary/aromatic N) is 1. The van der Waals surface area contributed by atoms with Crippen molar-refractivity contribution in [1.82, 2.24) is 4.98 Å². The summed E-state index contributed by atoms with van der Waals surface area (Å²) in [6.07, 6.45) is 6.65. The Bertz CT molecular complexity index is 560. The first kappa shape index (κ1) is 15.8. The van der Waals surface area contributed by atoms with Crippen molar-refractivity contribution in [2.24, 2.45) is 5.92 Å². The van der Waals surface area contributed by atoms with E-state index in [9.17, 15) is 0 Å². The van der Waals surface area contributed by atoms with Gasteiger partial charge in [-0.2, -0.15) is 0 Å². The van der Waals surface area contributed by atoms with Crippen LogP contribution in [0.3, 0.4) is 0 Å². The lowest BCUT2D eigenvalue weighted by Crippen LogP contribution is -2.03. The minimum absolute atomic E-state index is 0.842. The molecule has 0 aliphatic rings. The van der Waals surface area contributed by atoms with E-state index in [4.69, 9.17) is 0 Å². The molecule has 1 N–H and O–H groups in total. The van der Waals surface area contributed by atoms with Gasteiger partial charge in [-0.15, -0.1) is 0 Å². The first-order valence-corrected chi connectivity index (χ1v) is 8.27. The molecule has 1 aromatic carbocycles. The number of unbranched alkanes of at least 4 members (excludes halogenated alkanes) is 3. The molecule has 2 rings (SSSR count). The molecule has 0 radical (unpaired) electrons. The molecule has 0 saturated heterocycles. The normalized spacial score (nSPS) is 11.2. The van der Waals surface area contributed by atoms with Gasteiger partial charge in [0.2, 0.25) is 0 Å². The summed E-state index contributed by atoms with van der Waals surface area (Å²) in [6.45, 7) is 7.72. The molecule has 2 aromatic rings. The highest BCUT2D eigenvalue weighted by molar-refractivity contribution is 5.91. The van der Waals surface area contributed by atoms with E-state index in [-0.39, 0.29) is 0 Å². The Hall–Kier alpha value is -1.57. The molecule has 2 heteroatoms. The van der Waals surface area contributed by atoms with Gasteiger partial charge in [0.1, 0.15) is 0 Å². The summed E-state index contributed by atoms with van der Waals surface area (Å²) in [7, 11) is 0. The van der Waals surface area contributed by atoms with Gasteiger partial charge in [-0.3, -0.25) is 4.98 Å².